The maximum atomic E-state index is 12.9. The summed E-state index contributed by atoms with van der Waals surface area (Å²) < 4.78 is 0.953. The number of rotatable bonds is 8. The fourth-order valence-electron chi connectivity index (χ4n) is 2.73. The van der Waals surface area contributed by atoms with Crippen LogP contribution in [0.4, 0.5) is 0 Å². The first-order chi connectivity index (χ1) is 12.9. The Hall–Kier alpha value is -1.79. The van der Waals surface area contributed by atoms with Crippen molar-refractivity contribution in [1.82, 2.24) is 10.2 Å². The molecular weight excluding hydrogens is 424 g/mol. The van der Waals surface area contributed by atoms with E-state index in [0.29, 0.717) is 12.3 Å². The third-order valence-corrected chi connectivity index (χ3v) is 5.86. The molecule has 0 saturated heterocycles. The first kappa shape index (κ1) is 21.5. The summed E-state index contributed by atoms with van der Waals surface area (Å²) in [6, 6.07) is 15.5. The molecule has 0 bridgehead atoms. The largest absolute Gasteiger partial charge is 0.357 e. The van der Waals surface area contributed by atoms with Gasteiger partial charge in [0.05, 0.1) is 5.75 Å². The molecule has 0 heterocycles. The quantitative estimate of drug-likeness (QED) is 0.659. The van der Waals surface area contributed by atoms with Gasteiger partial charge in [0.1, 0.15) is 6.04 Å². The molecule has 4 nitrogen and oxygen atoms in total. The minimum Gasteiger partial charge on any atom is -0.357 e. The summed E-state index contributed by atoms with van der Waals surface area (Å²) in [5.41, 5.74) is 3.44. The van der Waals surface area contributed by atoms with Gasteiger partial charge in [-0.1, -0.05) is 52.3 Å². The van der Waals surface area contributed by atoms with E-state index in [0.717, 1.165) is 15.8 Å². The van der Waals surface area contributed by atoms with Crippen LogP contribution >= 0.6 is 27.7 Å². The van der Waals surface area contributed by atoms with Gasteiger partial charge in [-0.25, -0.2) is 0 Å². The highest BCUT2D eigenvalue weighted by Gasteiger charge is 2.25. The summed E-state index contributed by atoms with van der Waals surface area (Å²) in [6.07, 6.45) is 0. The summed E-state index contributed by atoms with van der Waals surface area (Å²) in [4.78, 5) is 26.7. The lowest BCUT2D eigenvalue weighted by Gasteiger charge is -2.28. The van der Waals surface area contributed by atoms with Crippen LogP contribution in [0.15, 0.2) is 53.0 Å². The molecular formula is C21H25BrN2O2S. The maximum absolute atomic E-state index is 12.9. The number of hydrogen-bond donors (Lipinski definition) is 1. The van der Waals surface area contributed by atoms with Crippen LogP contribution in [0.3, 0.4) is 0 Å². The Bertz CT molecular complexity index is 797. The summed E-state index contributed by atoms with van der Waals surface area (Å²) in [7, 11) is 1.59. The molecule has 1 unspecified atom stereocenters. The van der Waals surface area contributed by atoms with Crippen molar-refractivity contribution in [2.75, 3.05) is 12.8 Å². The summed E-state index contributed by atoms with van der Waals surface area (Å²) in [5, 5.41) is 2.64. The predicted molar refractivity (Wildman–Crippen MR) is 116 cm³/mol. The Morgan fingerprint density at radius 2 is 1.93 bits per heavy atom. The van der Waals surface area contributed by atoms with E-state index < -0.39 is 6.04 Å². The average Bonchev–Trinajstić information content (AvgIpc) is 2.66. The van der Waals surface area contributed by atoms with E-state index >= 15 is 0 Å². The minimum atomic E-state index is -0.527. The number of halogens is 1. The van der Waals surface area contributed by atoms with Crippen LogP contribution in [-0.4, -0.2) is 35.6 Å². The van der Waals surface area contributed by atoms with Gasteiger partial charge < -0.3 is 10.2 Å². The lowest BCUT2D eigenvalue weighted by molar-refractivity contribution is -0.138. The van der Waals surface area contributed by atoms with Crippen LogP contribution in [0.2, 0.25) is 0 Å². The van der Waals surface area contributed by atoms with Crippen molar-refractivity contribution in [3.05, 3.63) is 69.7 Å². The van der Waals surface area contributed by atoms with Crippen molar-refractivity contribution in [2.45, 2.75) is 32.2 Å². The molecule has 144 valence electrons. The summed E-state index contributed by atoms with van der Waals surface area (Å²) in [5.74, 6) is 0.910. The zero-order chi connectivity index (χ0) is 19.8. The van der Waals surface area contributed by atoms with E-state index in [1.807, 2.05) is 36.4 Å². The number of likely N-dealkylation sites (N-methyl/N-ethyl adjacent to an activating group) is 1. The van der Waals surface area contributed by atoms with Crippen LogP contribution in [0.5, 0.6) is 0 Å². The molecule has 6 heteroatoms. The van der Waals surface area contributed by atoms with Gasteiger partial charge in [-0.05, 0) is 42.7 Å². The zero-order valence-electron chi connectivity index (χ0n) is 15.9. The van der Waals surface area contributed by atoms with E-state index in [-0.39, 0.29) is 11.8 Å². The number of aryl methyl sites for hydroxylation is 1. The topological polar surface area (TPSA) is 49.4 Å². The number of hydrogen-bond acceptors (Lipinski definition) is 3. The third kappa shape index (κ3) is 6.40. The van der Waals surface area contributed by atoms with Crippen LogP contribution in [0, 0.1) is 6.92 Å². The number of nitrogens with zero attached hydrogens (tertiary/aromatic N) is 1. The lowest BCUT2D eigenvalue weighted by Crippen LogP contribution is -2.47. The lowest BCUT2D eigenvalue weighted by atomic mass is 10.1. The SMILES string of the molecule is CNC(=O)C(C)N(Cc1cccc(Br)c1)C(=O)CSCc1ccccc1C. The predicted octanol–water partition coefficient (Wildman–Crippen LogP) is 4.15. The maximum Gasteiger partial charge on any atom is 0.242 e. The van der Waals surface area contributed by atoms with Crippen molar-refractivity contribution < 1.29 is 9.59 Å². The monoisotopic (exact) mass is 448 g/mol. The Labute approximate surface area is 173 Å². The average molecular weight is 449 g/mol. The molecule has 0 aromatic heterocycles. The zero-order valence-corrected chi connectivity index (χ0v) is 18.3. The number of carbonyl (C=O) groups is 2. The molecule has 2 aromatic carbocycles. The van der Waals surface area contributed by atoms with Gasteiger partial charge in [0, 0.05) is 23.8 Å². The molecule has 1 atom stereocenters. The van der Waals surface area contributed by atoms with Crippen molar-refractivity contribution in [3.8, 4) is 0 Å². The number of carbonyl (C=O) groups excluding carboxylic acids is 2. The van der Waals surface area contributed by atoms with E-state index in [9.17, 15) is 9.59 Å². The van der Waals surface area contributed by atoms with Crippen LogP contribution in [0.25, 0.3) is 0 Å². The normalized spacial score (nSPS) is 11.7. The number of nitrogens with one attached hydrogen (secondary N) is 1. The summed E-state index contributed by atoms with van der Waals surface area (Å²) >= 11 is 5.03. The summed E-state index contributed by atoms with van der Waals surface area (Å²) in [6.45, 7) is 4.24. The molecule has 0 aliphatic rings. The highest BCUT2D eigenvalue weighted by atomic mass is 79.9. The van der Waals surface area contributed by atoms with E-state index in [4.69, 9.17) is 0 Å². The van der Waals surface area contributed by atoms with E-state index in [1.54, 1.807) is 30.6 Å². The highest BCUT2D eigenvalue weighted by Crippen LogP contribution is 2.19. The van der Waals surface area contributed by atoms with Crippen LogP contribution < -0.4 is 5.32 Å². The van der Waals surface area contributed by atoms with Gasteiger partial charge in [0.15, 0.2) is 0 Å². The number of benzene rings is 2. The van der Waals surface area contributed by atoms with Gasteiger partial charge in [-0.15, -0.1) is 11.8 Å². The Balaban J connectivity index is 2.06. The van der Waals surface area contributed by atoms with Crippen molar-refractivity contribution in [1.29, 1.82) is 0 Å². The van der Waals surface area contributed by atoms with Crippen LogP contribution in [-0.2, 0) is 21.9 Å². The molecule has 0 fully saturated rings. The number of amides is 2. The highest BCUT2D eigenvalue weighted by molar-refractivity contribution is 9.10. The van der Waals surface area contributed by atoms with Crippen molar-refractivity contribution >= 4 is 39.5 Å². The molecule has 0 radical (unpaired) electrons. The molecule has 0 saturated carbocycles. The molecule has 1 N–H and O–H groups in total. The fourth-order valence-corrected chi connectivity index (χ4v) is 4.16. The van der Waals surface area contributed by atoms with Gasteiger partial charge in [0.2, 0.25) is 11.8 Å². The van der Waals surface area contributed by atoms with E-state index in [2.05, 4.69) is 40.3 Å². The van der Waals surface area contributed by atoms with Crippen molar-refractivity contribution in [3.63, 3.8) is 0 Å². The smallest absolute Gasteiger partial charge is 0.242 e. The Kier molecular flexibility index (Phi) is 8.38. The molecule has 0 aliphatic heterocycles. The second kappa shape index (κ2) is 10.5. The van der Waals surface area contributed by atoms with Gasteiger partial charge in [-0.3, -0.25) is 9.59 Å². The Morgan fingerprint density at radius 3 is 2.59 bits per heavy atom. The van der Waals surface area contributed by atoms with Gasteiger partial charge in [-0.2, -0.15) is 0 Å². The second-order valence-electron chi connectivity index (χ2n) is 6.36. The molecule has 27 heavy (non-hydrogen) atoms. The first-order valence-electron chi connectivity index (χ1n) is 8.80. The molecule has 2 rings (SSSR count). The van der Waals surface area contributed by atoms with Gasteiger partial charge in [0.25, 0.3) is 0 Å². The van der Waals surface area contributed by atoms with Crippen molar-refractivity contribution in [2.24, 2.45) is 0 Å². The first-order valence-corrected chi connectivity index (χ1v) is 10.7. The second-order valence-corrected chi connectivity index (χ2v) is 8.26. The molecule has 2 aromatic rings. The standard InChI is InChI=1S/C21H25BrN2O2S/c1-15-7-4-5-9-18(15)13-27-14-20(25)24(16(2)21(26)23-3)12-17-8-6-10-19(22)11-17/h4-11,16H,12-14H2,1-3H3,(H,23,26). The minimum absolute atomic E-state index is 0.0374. The van der Waals surface area contributed by atoms with Gasteiger partial charge >= 0.3 is 0 Å². The molecule has 2 amide bonds. The molecule has 0 spiro atoms. The fraction of sp³-hybridized carbons (Fsp3) is 0.333. The third-order valence-electron chi connectivity index (χ3n) is 4.40. The molecule has 0 aliphatic carbocycles. The number of thioether (sulfide) groups is 1. The van der Waals surface area contributed by atoms with Crippen LogP contribution in [0.1, 0.15) is 23.6 Å². The Morgan fingerprint density at radius 1 is 1.19 bits per heavy atom. The van der Waals surface area contributed by atoms with E-state index in [1.165, 1.54) is 11.1 Å².